The van der Waals surface area contributed by atoms with Crippen LogP contribution in [0.25, 0.3) is 0 Å². The van der Waals surface area contributed by atoms with Gasteiger partial charge in [-0.05, 0) is 63.9 Å². The third kappa shape index (κ3) is 4.94. The summed E-state index contributed by atoms with van der Waals surface area (Å²) < 4.78 is 5.39. The number of aliphatic hydroxyl groups excluding tert-OH is 1. The van der Waals surface area contributed by atoms with Gasteiger partial charge in [-0.3, -0.25) is 9.69 Å². The predicted molar refractivity (Wildman–Crippen MR) is 91.7 cm³/mol. The maximum atomic E-state index is 12.4. The standard InChI is InChI=1S/C18H28N2O3/c1-4-23-16-10-8-15(9-11-16)19-18(22)13(2)20(3)12-14-6-5-7-17(14)21/h8-11,13-14,17,21H,4-7,12H2,1-3H3,(H,19,22). The summed E-state index contributed by atoms with van der Waals surface area (Å²) in [4.78, 5) is 14.4. The first-order chi connectivity index (χ1) is 11.0. The first kappa shape index (κ1) is 17.8. The first-order valence-corrected chi connectivity index (χ1v) is 8.43. The second kappa shape index (κ2) is 8.31. The fourth-order valence-electron chi connectivity index (χ4n) is 3.01. The number of carbonyl (C=O) groups excluding carboxylic acids is 1. The SMILES string of the molecule is CCOc1ccc(NC(=O)C(C)N(C)CC2CCCC2O)cc1. The highest BCUT2D eigenvalue weighted by molar-refractivity contribution is 5.94. The Morgan fingerprint density at radius 3 is 2.65 bits per heavy atom. The van der Waals surface area contributed by atoms with Crippen molar-refractivity contribution in [3.05, 3.63) is 24.3 Å². The molecule has 0 spiro atoms. The zero-order valence-corrected chi connectivity index (χ0v) is 14.3. The van der Waals surface area contributed by atoms with Gasteiger partial charge in [-0.25, -0.2) is 0 Å². The van der Waals surface area contributed by atoms with Gasteiger partial charge in [0.05, 0.1) is 18.8 Å². The molecule has 3 atom stereocenters. The van der Waals surface area contributed by atoms with Gasteiger partial charge in [0, 0.05) is 12.2 Å². The molecule has 2 rings (SSSR count). The van der Waals surface area contributed by atoms with Gasteiger partial charge in [0.15, 0.2) is 0 Å². The van der Waals surface area contributed by atoms with Gasteiger partial charge in [-0.2, -0.15) is 0 Å². The molecule has 23 heavy (non-hydrogen) atoms. The molecule has 5 nitrogen and oxygen atoms in total. The summed E-state index contributed by atoms with van der Waals surface area (Å²) in [6.45, 7) is 5.21. The monoisotopic (exact) mass is 320 g/mol. The number of likely N-dealkylation sites (N-methyl/N-ethyl adjacent to an activating group) is 1. The van der Waals surface area contributed by atoms with Crippen LogP contribution in [0.3, 0.4) is 0 Å². The van der Waals surface area contributed by atoms with Crippen molar-refractivity contribution in [1.29, 1.82) is 0 Å². The summed E-state index contributed by atoms with van der Waals surface area (Å²) in [5, 5.41) is 12.9. The Morgan fingerprint density at radius 2 is 2.09 bits per heavy atom. The average Bonchev–Trinajstić information content (AvgIpc) is 2.93. The molecule has 1 fully saturated rings. The molecule has 1 aromatic carbocycles. The van der Waals surface area contributed by atoms with Crippen molar-refractivity contribution in [3.8, 4) is 5.75 Å². The Morgan fingerprint density at radius 1 is 1.39 bits per heavy atom. The van der Waals surface area contributed by atoms with Crippen molar-refractivity contribution in [1.82, 2.24) is 4.90 Å². The number of benzene rings is 1. The molecule has 2 N–H and O–H groups in total. The predicted octanol–water partition coefficient (Wildman–Crippen LogP) is 2.51. The highest BCUT2D eigenvalue weighted by Gasteiger charge is 2.28. The van der Waals surface area contributed by atoms with Crippen LogP contribution in [0.1, 0.15) is 33.1 Å². The van der Waals surface area contributed by atoms with E-state index in [0.717, 1.165) is 37.2 Å². The summed E-state index contributed by atoms with van der Waals surface area (Å²) >= 11 is 0. The largest absolute Gasteiger partial charge is 0.494 e. The number of ether oxygens (including phenoxy) is 1. The topological polar surface area (TPSA) is 61.8 Å². The molecule has 0 aromatic heterocycles. The van der Waals surface area contributed by atoms with Crippen LogP contribution < -0.4 is 10.1 Å². The van der Waals surface area contributed by atoms with Crippen molar-refractivity contribution in [3.63, 3.8) is 0 Å². The number of amides is 1. The third-order valence-electron chi connectivity index (χ3n) is 4.61. The smallest absolute Gasteiger partial charge is 0.241 e. The quantitative estimate of drug-likeness (QED) is 0.810. The molecule has 0 heterocycles. The maximum Gasteiger partial charge on any atom is 0.241 e. The number of anilines is 1. The van der Waals surface area contributed by atoms with E-state index < -0.39 is 0 Å². The molecule has 0 aliphatic heterocycles. The Kier molecular flexibility index (Phi) is 6.42. The minimum absolute atomic E-state index is 0.0378. The molecule has 1 aliphatic rings. The van der Waals surface area contributed by atoms with Crippen molar-refractivity contribution < 1.29 is 14.6 Å². The van der Waals surface area contributed by atoms with E-state index in [9.17, 15) is 9.90 Å². The van der Waals surface area contributed by atoms with E-state index in [4.69, 9.17) is 4.74 Å². The second-order valence-electron chi connectivity index (χ2n) is 6.32. The van der Waals surface area contributed by atoms with Crippen molar-refractivity contribution >= 4 is 11.6 Å². The fourth-order valence-corrected chi connectivity index (χ4v) is 3.01. The zero-order chi connectivity index (χ0) is 16.8. The Balaban J connectivity index is 1.86. The Bertz CT molecular complexity index is 503. The van der Waals surface area contributed by atoms with Crippen LogP contribution in [0.4, 0.5) is 5.69 Å². The molecule has 0 bridgehead atoms. The number of aliphatic hydroxyl groups is 1. The van der Waals surface area contributed by atoms with Crippen molar-refractivity contribution in [2.24, 2.45) is 5.92 Å². The molecule has 1 aliphatic carbocycles. The summed E-state index contributed by atoms with van der Waals surface area (Å²) in [5.41, 5.74) is 0.764. The Labute approximate surface area is 138 Å². The van der Waals surface area contributed by atoms with Gasteiger partial charge in [-0.1, -0.05) is 6.42 Å². The van der Waals surface area contributed by atoms with Gasteiger partial charge >= 0.3 is 0 Å². The van der Waals surface area contributed by atoms with Gasteiger partial charge in [-0.15, -0.1) is 0 Å². The van der Waals surface area contributed by atoms with E-state index in [1.807, 2.05) is 50.1 Å². The van der Waals surface area contributed by atoms with Crippen LogP contribution in [0.5, 0.6) is 5.75 Å². The van der Waals surface area contributed by atoms with Crippen molar-refractivity contribution in [2.45, 2.75) is 45.3 Å². The average molecular weight is 320 g/mol. The van der Waals surface area contributed by atoms with E-state index in [1.54, 1.807) is 0 Å². The van der Waals surface area contributed by atoms with Crippen LogP contribution in [0.15, 0.2) is 24.3 Å². The lowest BCUT2D eigenvalue weighted by atomic mass is 10.0. The first-order valence-electron chi connectivity index (χ1n) is 8.43. The van der Waals surface area contributed by atoms with Crippen LogP contribution in [0, 0.1) is 5.92 Å². The summed E-state index contributed by atoms with van der Waals surface area (Å²) in [6.07, 6.45) is 2.77. The fraction of sp³-hybridized carbons (Fsp3) is 0.611. The normalized spacial score (nSPS) is 22.1. The van der Waals surface area contributed by atoms with E-state index in [-0.39, 0.29) is 24.0 Å². The van der Waals surface area contributed by atoms with Crippen LogP contribution in [0.2, 0.25) is 0 Å². The van der Waals surface area contributed by atoms with E-state index >= 15 is 0 Å². The molecule has 0 radical (unpaired) electrons. The third-order valence-corrected chi connectivity index (χ3v) is 4.61. The molecule has 3 unspecified atom stereocenters. The molecule has 0 saturated heterocycles. The minimum atomic E-state index is -0.241. The molecular formula is C18H28N2O3. The van der Waals surface area contributed by atoms with Gasteiger partial charge in [0.25, 0.3) is 0 Å². The van der Waals surface area contributed by atoms with Gasteiger partial charge < -0.3 is 15.2 Å². The molecule has 1 saturated carbocycles. The zero-order valence-electron chi connectivity index (χ0n) is 14.3. The maximum absolute atomic E-state index is 12.4. The molecular weight excluding hydrogens is 292 g/mol. The van der Waals surface area contributed by atoms with Crippen molar-refractivity contribution in [2.75, 3.05) is 25.5 Å². The molecule has 1 amide bonds. The minimum Gasteiger partial charge on any atom is -0.494 e. The lowest BCUT2D eigenvalue weighted by Crippen LogP contribution is -2.43. The van der Waals surface area contributed by atoms with Gasteiger partial charge in [0.2, 0.25) is 5.91 Å². The van der Waals surface area contributed by atoms with E-state index in [2.05, 4.69) is 5.32 Å². The van der Waals surface area contributed by atoms with Crippen LogP contribution >= 0.6 is 0 Å². The number of nitrogens with zero attached hydrogens (tertiary/aromatic N) is 1. The summed E-state index contributed by atoms with van der Waals surface area (Å²) in [5.74, 6) is 1.04. The number of hydrogen-bond acceptors (Lipinski definition) is 4. The van der Waals surface area contributed by atoms with Crippen LogP contribution in [-0.2, 0) is 4.79 Å². The summed E-state index contributed by atoms with van der Waals surface area (Å²) in [6, 6.07) is 7.15. The lowest BCUT2D eigenvalue weighted by molar-refractivity contribution is -0.120. The Hall–Kier alpha value is -1.59. The molecule has 5 heteroatoms. The van der Waals surface area contributed by atoms with Crippen LogP contribution in [-0.4, -0.2) is 48.3 Å². The summed E-state index contributed by atoms with van der Waals surface area (Å²) in [7, 11) is 1.94. The number of nitrogens with one attached hydrogen (secondary N) is 1. The second-order valence-corrected chi connectivity index (χ2v) is 6.32. The number of carbonyl (C=O) groups is 1. The van der Waals surface area contributed by atoms with Gasteiger partial charge in [0.1, 0.15) is 5.75 Å². The molecule has 1 aromatic rings. The lowest BCUT2D eigenvalue weighted by Gasteiger charge is -2.27. The number of rotatable bonds is 7. The van der Waals surface area contributed by atoms with E-state index in [1.165, 1.54) is 0 Å². The highest BCUT2D eigenvalue weighted by Crippen LogP contribution is 2.26. The molecule has 128 valence electrons. The van der Waals surface area contributed by atoms with E-state index in [0.29, 0.717) is 6.61 Å². The highest BCUT2D eigenvalue weighted by atomic mass is 16.5. The number of hydrogen-bond donors (Lipinski definition) is 2.